The molecule has 26 heavy (non-hydrogen) atoms. The van der Waals surface area contributed by atoms with Crippen molar-refractivity contribution in [2.24, 2.45) is 10.7 Å². The number of nitrogens with one attached hydrogen (secondary N) is 1. The highest BCUT2D eigenvalue weighted by atomic mass is 16.6. The molecule has 2 aromatic rings. The maximum atomic E-state index is 11.7. The number of fused-ring (bicyclic) bond motifs is 1. The average molecular weight is 354 g/mol. The van der Waals surface area contributed by atoms with Crippen LogP contribution in [-0.4, -0.2) is 42.7 Å². The molecule has 6 heteroatoms. The van der Waals surface area contributed by atoms with E-state index in [9.17, 15) is 4.79 Å². The first kappa shape index (κ1) is 18.0. The van der Waals surface area contributed by atoms with Gasteiger partial charge in [-0.1, -0.05) is 42.5 Å². The standard InChI is InChI=1S/C20H26N4O2/c1-2-26-20(25)24-12-10-17(11-13-24)23-19(21)22-14-16-8-5-7-15-6-3-4-9-18(15)16/h3-9,17H,2,10-14H2,1H3,(H3,21,22,23). The van der Waals surface area contributed by atoms with Crippen LogP contribution < -0.4 is 11.1 Å². The fourth-order valence-electron chi connectivity index (χ4n) is 3.28. The van der Waals surface area contributed by atoms with Gasteiger partial charge < -0.3 is 20.7 Å². The monoisotopic (exact) mass is 354 g/mol. The molecular weight excluding hydrogens is 328 g/mol. The van der Waals surface area contributed by atoms with E-state index in [1.807, 2.05) is 25.1 Å². The summed E-state index contributed by atoms with van der Waals surface area (Å²) in [6, 6.07) is 14.7. The molecule has 1 heterocycles. The third kappa shape index (κ3) is 4.45. The number of nitrogens with zero attached hydrogens (tertiary/aromatic N) is 2. The van der Waals surface area contributed by atoms with Crippen molar-refractivity contribution in [3.05, 3.63) is 48.0 Å². The number of piperidine rings is 1. The molecule has 1 aliphatic rings. The van der Waals surface area contributed by atoms with Gasteiger partial charge in [0.05, 0.1) is 13.2 Å². The molecule has 0 radical (unpaired) electrons. The van der Waals surface area contributed by atoms with E-state index in [4.69, 9.17) is 10.5 Å². The predicted octanol–water partition coefficient (Wildman–Crippen LogP) is 2.87. The van der Waals surface area contributed by atoms with E-state index >= 15 is 0 Å². The summed E-state index contributed by atoms with van der Waals surface area (Å²) in [7, 11) is 0. The minimum atomic E-state index is -0.233. The SMILES string of the molecule is CCOC(=O)N1CCC(NC(N)=NCc2cccc3ccccc23)CC1. The number of carbonyl (C=O) groups excluding carboxylic acids is 1. The van der Waals surface area contributed by atoms with Crippen molar-refractivity contribution in [1.82, 2.24) is 10.2 Å². The molecule has 0 bridgehead atoms. The van der Waals surface area contributed by atoms with Gasteiger partial charge in [0.15, 0.2) is 5.96 Å². The zero-order valence-electron chi connectivity index (χ0n) is 15.1. The van der Waals surface area contributed by atoms with Crippen molar-refractivity contribution in [2.75, 3.05) is 19.7 Å². The van der Waals surface area contributed by atoms with Crippen LogP contribution in [0.1, 0.15) is 25.3 Å². The molecule has 3 N–H and O–H groups in total. The molecule has 1 amide bonds. The Bertz CT molecular complexity index is 777. The smallest absolute Gasteiger partial charge is 0.409 e. The maximum Gasteiger partial charge on any atom is 0.409 e. The van der Waals surface area contributed by atoms with Crippen LogP contribution in [0.25, 0.3) is 10.8 Å². The van der Waals surface area contributed by atoms with E-state index in [0.717, 1.165) is 18.4 Å². The molecule has 0 spiro atoms. The van der Waals surface area contributed by atoms with Crippen molar-refractivity contribution < 1.29 is 9.53 Å². The van der Waals surface area contributed by atoms with Crippen molar-refractivity contribution in [2.45, 2.75) is 32.4 Å². The highest BCUT2D eigenvalue weighted by molar-refractivity contribution is 5.86. The van der Waals surface area contributed by atoms with Crippen LogP contribution in [0.3, 0.4) is 0 Å². The topological polar surface area (TPSA) is 80.0 Å². The maximum absolute atomic E-state index is 11.7. The second-order valence-electron chi connectivity index (χ2n) is 6.44. The molecule has 2 aromatic carbocycles. The minimum Gasteiger partial charge on any atom is -0.450 e. The van der Waals surface area contributed by atoms with E-state index in [1.54, 1.807) is 4.90 Å². The largest absolute Gasteiger partial charge is 0.450 e. The Kier molecular flexibility index (Phi) is 5.94. The number of guanidine groups is 1. The lowest BCUT2D eigenvalue weighted by Crippen LogP contribution is -2.48. The number of hydrogen-bond acceptors (Lipinski definition) is 3. The van der Waals surface area contributed by atoms with E-state index < -0.39 is 0 Å². The van der Waals surface area contributed by atoms with Crippen molar-refractivity contribution in [3.8, 4) is 0 Å². The van der Waals surface area contributed by atoms with Crippen LogP contribution in [0.5, 0.6) is 0 Å². The van der Waals surface area contributed by atoms with Gasteiger partial charge in [0.1, 0.15) is 0 Å². The third-order valence-corrected chi connectivity index (χ3v) is 4.67. The first-order valence-corrected chi connectivity index (χ1v) is 9.12. The van der Waals surface area contributed by atoms with E-state index in [0.29, 0.717) is 32.2 Å². The van der Waals surface area contributed by atoms with E-state index in [2.05, 4.69) is 34.6 Å². The van der Waals surface area contributed by atoms with E-state index in [-0.39, 0.29) is 12.1 Å². The summed E-state index contributed by atoms with van der Waals surface area (Å²) in [6.07, 6.45) is 1.44. The Balaban J connectivity index is 1.54. The molecule has 3 rings (SSSR count). The quantitative estimate of drug-likeness (QED) is 0.653. The molecule has 1 fully saturated rings. The number of hydrogen-bond donors (Lipinski definition) is 2. The number of benzene rings is 2. The molecule has 0 unspecified atom stereocenters. The van der Waals surface area contributed by atoms with Gasteiger partial charge in [-0.15, -0.1) is 0 Å². The Morgan fingerprint density at radius 2 is 1.96 bits per heavy atom. The number of aliphatic imine (C=N–C) groups is 1. The molecule has 0 aliphatic carbocycles. The summed E-state index contributed by atoms with van der Waals surface area (Å²) in [6.45, 7) is 4.12. The van der Waals surface area contributed by atoms with Crippen molar-refractivity contribution in [3.63, 3.8) is 0 Å². The first-order valence-electron chi connectivity index (χ1n) is 9.12. The van der Waals surface area contributed by atoms with Gasteiger partial charge in [-0.05, 0) is 36.1 Å². The fourth-order valence-corrected chi connectivity index (χ4v) is 3.28. The van der Waals surface area contributed by atoms with Crippen LogP contribution in [0, 0.1) is 0 Å². The van der Waals surface area contributed by atoms with Crippen LogP contribution >= 0.6 is 0 Å². The Morgan fingerprint density at radius 3 is 2.73 bits per heavy atom. The molecule has 0 saturated carbocycles. The van der Waals surface area contributed by atoms with Gasteiger partial charge in [-0.25, -0.2) is 9.79 Å². The van der Waals surface area contributed by atoms with Crippen LogP contribution in [0.2, 0.25) is 0 Å². The number of nitrogens with two attached hydrogens (primary N) is 1. The van der Waals surface area contributed by atoms with Gasteiger partial charge in [0.2, 0.25) is 0 Å². The number of amides is 1. The average Bonchev–Trinajstić information content (AvgIpc) is 2.67. The molecule has 0 aromatic heterocycles. The predicted molar refractivity (Wildman–Crippen MR) is 104 cm³/mol. The lowest BCUT2D eigenvalue weighted by Gasteiger charge is -2.31. The van der Waals surface area contributed by atoms with Crippen molar-refractivity contribution >= 4 is 22.8 Å². The van der Waals surface area contributed by atoms with Crippen LogP contribution in [0.4, 0.5) is 4.79 Å². The van der Waals surface area contributed by atoms with Crippen LogP contribution in [0.15, 0.2) is 47.5 Å². The fraction of sp³-hybridized carbons (Fsp3) is 0.400. The molecule has 6 nitrogen and oxygen atoms in total. The van der Waals surface area contributed by atoms with Gasteiger partial charge in [-0.3, -0.25) is 0 Å². The normalized spacial score (nSPS) is 15.9. The van der Waals surface area contributed by atoms with Crippen LogP contribution in [-0.2, 0) is 11.3 Å². The summed E-state index contributed by atoms with van der Waals surface area (Å²) in [5.74, 6) is 0.451. The highest BCUT2D eigenvalue weighted by Crippen LogP contribution is 2.19. The van der Waals surface area contributed by atoms with Gasteiger partial charge in [-0.2, -0.15) is 0 Å². The summed E-state index contributed by atoms with van der Waals surface area (Å²) >= 11 is 0. The second kappa shape index (κ2) is 8.56. The molecular formula is C20H26N4O2. The first-order chi connectivity index (χ1) is 12.7. The van der Waals surface area contributed by atoms with E-state index in [1.165, 1.54) is 10.8 Å². The lowest BCUT2D eigenvalue weighted by molar-refractivity contribution is 0.0963. The third-order valence-electron chi connectivity index (χ3n) is 4.67. The minimum absolute atomic E-state index is 0.233. The number of rotatable bonds is 4. The second-order valence-corrected chi connectivity index (χ2v) is 6.44. The lowest BCUT2D eigenvalue weighted by atomic mass is 10.0. The number of likely N-dealkylation sites (tertiary alicyclic amines) is 1. The Hall–Kier alpha value is -2.76. The molecule has 1 saturated heterocycles. The molecule has 0 atom stereocenters. The zero-order chi connectivity index (χ0) is 18.4. The summed E-state index contributed by atoms with van der Waals surface area (Å²) < 4.78 is 5.04. The zero-order valence-corrected chi connectivity index (χ0v) is 15.1. The Morgan fingerprint density at radius 1 is 1.23 bits per heavy atom. The van der Waals surface area contributed by atoms with Gasteiger partial charge >= 0.3 is 6.09 Å². The van der Waals surface area contributed by atoms with Crippen molar-refractivity contribution in [1.29, 1.82) is 0 Å². The number of carbonyl (C=O) groups is 1. The molecule has 138 valence electrons. The summed E-state index contributed by atoms with van der Waals surface area (Å²) in [5.41, 5.74) is 7.23. The van der Waals surface area contributed by atoms with Gasteiger partial charge in [0, 0.05) is 19.1 Å². The molecule has 1 aliphatic heterocycles. The highest BCUT2D eigenvalue weighted by Gasteiger charge is 2.23. The van der Waals surface area contributed by atoms with Gasteiger partial charge in [0.25, 0.3) is 0 Å². The Labute approximate surface area is 154 Å². The number of ether oxygens (including phenoxy) is 1. The summed E-state index contributed by atoms with van der Waals surface area (Å²) in [5, 5.41) is 5.69. The summed E-state index contributed by atoms with van der Waals surface area (Å²) in [4.78, 5) is 18.0.